The van der Waals surface area contributed by atoms with Crippen molar-refractivity contribution < 1.29 is 9.53 Å². The number of anilines is 1. The second-order valence-corrected chi connectivity index (χ2v) is 7.63. The first kappa shape index (κ1) is 12.8. The summed E-state index contributed by atoms with van der Waals surface area (Å²) in [6.07, 6.45) is 6.45. The number of para-hydroxylation sites is 2. The van der Waals surface area contributed by atoms with Gasteiger partial charge < -0.3 is 4.74 Å². The largest absolute Gasteiger partial charge is 0.434 e. The maximum absolute atomic E-state index is 12.7. The number of hydrazine groups is 1. The summed E-state index contributed by atoms with van der Waals surface area (Å²) in [7, 11) is 2.00. The molecule has 0 spiro atoms. The minimum atomic E-state index is -0.196. The Bertz CT molecular complexity index is 601. The number of hydrogen-bond donors (Lipinski definition) is 0. The number of carbonyl (C=O) groups excluding carboxylic acids is 1. The SMILES string of the molecule is CN1c2ccccc2OC(=O)N1C1C2CC3CC(C2)CC1C3. The molecule has 0 N–H and O–H groups in total. The van der Waals surface area contributed by atoms with Crippen LogP contribution in [0.5, 0.6) is 5.75 Å². The molecule has 4 aliphatic carbocycles. The average Bonchev–Trinajstić information content (AvgIpc) is 2.49. The topological polar surface area (TPSA) is 32.8 Å². The molecule has 5 aliphatic rings. The predicted octanol–water partition coefficient (Wildman–Crippen LogP) is 3.68. The van der Waals surface area contributed by atoms with Crippen molar-refractivity contribution in [1.29, 1.82) is 0 Å². The fourth-order valence-electron chi connectivity index (χ4n) is 5.81. The fourth-order valence-corrected chi connectivity index (χ4v) is 5.81. The van der Waals surface area contributed by atoms with E-state index in [-0.39, 0.29) is 6.09 Å². The Morgan fingerprint density at radius 1 is 1.00 bits per heavy atom. The van der Waals surface area contributed by atoms with Crippen LogP contribution in [0.2, 0.25) is 0 Å². The Morgan fingerprint density at radius 2 is 1.64 bits per heavy atom. The zero-order valence-electron chi connectivity index (χ0n) is 12.9. The van der Waals surface area contributed by atoms with E-state index in [1.165, 1.54) is 32.1 Å². The van der Waals surface area contributed by atoms with Crippen molar-refractivity contribution in [3.05, 3.63) is 24.3 Å². The van der Waals surface area contributed by atoms with Crippen LogP contribution in [0.25, 0.3) is 0 Å². The van der Waals surface area contributed by atoms with Crippen LogP contribution < -0.4 is 9.75 Å². The zero-order chi connectivity index (χ0) is 14.8. The Morgan fingerprint density at radius 3 is 2.32 bits per heavy atom. The molecule has 0 radical (unpaired) electrons. The minimum absolute atomic E-state index is 0.196. The number of amides is 1. The van der Waals surface area contributed by atoms with Crippen LogP contribution in [0.15, 0.2) is 24.3 Å². The Labute approximate surface area is 131 Å². The lowest BCUT2D eigenvalue weighted by Gasteiger charge is -2.58. The molecule has 4 saturated carbocycles. The van der Waals surface area contributed by atoms with Gasteiger partial charge in [-0.05, 0) is 67.9 Å². The molecule has 4 bridgehead atoms. The van der Waals surface area contributed by atoms with Gasteiger partial charge in [0.1, 0.15) is 5.69 Å². The van der Waals surface area contributed by atoms with Crippen LogP contribution >= 0.6 is 0 Å². The van der Waals surface area contributed by atoms with E-state index in [0.29, 0.717) is 23.6 Å². The maximum atomic E-state index is 12.7. The van der Waals surface area contributed by atoms with Crippen LogP contribution in [-0.2, 0) is 0 Å². The lowest BCUT2D eigenvalue weighted by molar-refractivity contribution is -0.0601. The van der Waals surface area contributed by atoms with Gasteiger partial charge >= 0.3 is 6.09 Å². The number of nitrogens with zero attached hydrogens (tertiary/aromatic N) is 2. The van der Waals surface area contributed by atoms with Gasteiger partial charge in [0.05, 0.1) is 6.04 Å². The van der Waals surface area contributed by atoms with Gasteiger partial charge in [-0.2, -0.15) is 0 Å². The van der Waals surface area contributed by atoms with Crippen LogP contribution in [0.1, 0.15) is 32.1 Å². The van der Waals surface area contributed by atoms with Crippen molar-refractivity contribution >= 4 is 11.8 Å². The summed E-state index contributed by atoms with van der Waals surface area (Å²) in [4.78, 5) is 12.7. The third-order valence-electron chi connectivity index (χ3n) is 6.38. The number of rotatable bonds is 1. The molecule has 4 heteroatoms. The number of ether oxygens (including phenoxy) is 1. The van der Waals surface area contributed by atoms with Gasteiger partial charge in [-0.1, -0.05) is 12.1 Å². The number of hydrogen-bond acceptors (Lipinski definition) is 3. The van der Waals surface area contributed by atoms with Crippen molar-refractivity contribution in [1.82, 2.24) is 5.01 Å². The maximum Gasteiger partial charge on any atom is 0.434 e. The van der Waals surface area contributed by atoms with E-state index in [9.17, 15) is 4.79 Å². The van der Waals surface area contributed by atoms with Crippen LogP contribution in [-0.4, -0.2) is 24.2 Å². The summed E-state index contributed by atoms with van der Waals surface area (Å²) < 4.78 is 5.62. The second-order valence-electron chi connectivity index (χ2n) is 7.63. The summed E-state index contributed by atoms with van der Waals surface area (Å²) in [6.45, 7) is 0. The highest BCUT2D eigenvalue weighted by Gasteiger charge is 2.53. The highest BCUT2D eigenvalue weighted by atomic mass is 16.6. The first-order valence-corrected chi connectivity index (χ1v) is 8.54. The van der Waals surface area contributed by atoms with E-state index in [4.69, 9.17) is 4.74 Å². The van der Waals surface area contributed by atoms with E-state index in [1.54, 1.807) is 0 Å². The number of fused-ring (bicyclic) bond motifs is 1. The third kappa shape index (κ3) is 1.67. The van der Waals surface area contributed by atoms with Gasteiger partial charge in [0, 0.05) is 7.05 Å². The molecular weight excluding hydrogens is 276 g/mol. The van der Waals surface area contributed by atoms with Crippen LogP contribution in [0.4, 0.5) is 10.5 Å². The molecule has 4 nitrogen and oxygen atoms in total. The van der Waals surface area contributed by atoms with Gasteiger partial charge in [-0.25, -0.2) is 9.80 Å². The van der Waals surface area contributed by atoms with Gasteiger partial charge in [-0.3, -0.25) is 5.01 Å². The highest BCUT2D eigenvalue weighted by molar-refractivity contribution is 5.80. The first-order chi connectivity index (χ1) is 10.7. The number of benzene rings is 1. The van der Waals surface area contributed by atoms with Gasteiger partial charge in [-0.15, -0.1) is 0 Å². The molecular formula is C18H22N2O2. The lowest BCUT2D eigenvalue weighted by Crippen LogP contribution is -2.63. The normalized spacial score (nSPS) is 39.0. The molecule has 116 valence electrons. The monoisotopic (exact) mass is 298 g/mol. The van der Waals surface area contributed by atoms with Crippen molar-refractivity contribution in [3.63, 3.8) is 0 Å². The molecule has 0 aromatic heterocycles. The summed E-state index contributed by atoms with van der Waals surface area (Å²) in [5.41, 5.74) is 0.996. The van der Waals surface area contributed by atoms with Crippen LogP contribution in [0.3, 0.4) is 0 Å². The molecule has 1 heterocycles. The molecule has 0 atom stereocenters. The van der Waals surface area contributed by atoms with E-state index in [2.05, 4.69) is 0 Å². The molecule has 4 fully saturated rings. The predicted molar refractivity (Wildman–Crippen MR) is 83.5 cm³/mol. The van der Waals surface area contributed by atoms with Gasteiger partial charge in [0.15, 0.2) is 5.75 Å². The lowest BCUT2D eigenvalue weighted by atomic mass is 9.54. The van der Waals surface area contributed by atoms with E-state index >= 15 is 0 Å². The Hall–Kier alpha value is -1.71. The Balaban J connectivity index is 1.51. The van der Waals surface area contributed by atoms with Crippen molar-refractivity contribution in [2.24, 2.45) is 23.7 Å². The molecule has 0 saturated heterocycles. The summed E-state index contributed by atoms with van der Waals surface area (Å²) in [5.74, 6) is 3.83. The number of carbonyl (C=O) groups is 1. The molecule has 22 heavy (non-hydrogen) atoms. The zero-order valence-corrected chi connectivity index (χ0v) is 12.9. The highest BCUT2D eigenvalue weighted by Crippen LogP contribution is 2.56. The summed E-state index contributed by atoms with van der Waals surface area (Å²) in [6, 6.07) is 8.16. The Kier molecular flexibility index (Phi) is 2.56. The quantitative estimate of drug-likeness (QED) is 0.793. The molecule has 0 unspecified atom stereocenters. The van der Waals surface area contributed by atoms with Gasteiger partial charge in [0.2, 0.25) is 0 Å². The summed E-state index contributed by atoms with van der Waals surface area (Å²) >= 11 is 0. The third-order valence-corrected chi connectivity index (χ3v) is 6.38. The van der Waals surface area contributed by atoms with E-state index in [0.717, 1.165) is 17.5 Å². The molecule has 1 aromatic rings. The molecule has 6 rings (SSSR count). The first-order valence-electron chi connectivity index (χ1n) is 8.54. The van der Waals surface area contributed by atoms with Crippen LogP contribution in [0, 0.1) is 23.7 Å². The standard InChI is InChI=1S/C18H22N2O2/c1-19-15-4-2-3-5-16(15)22-18(21)20(19)17-13-7-11-6-12(9-13)10-14(17)8-11/h2-5,11-14,17H,6-10H2,1H3. The molecule has 1 amide bonds. The molecule has 1 aromatic carbocycles. The fraction of sp³-hybridized carbons (Fsp3) is 0.611. The average molecular weight is 298 g/mol. The van der Waals surface area contributed by atoms with E-state index < -0.39 is 0 Å². The minimum Gasteiger partial charge on any atom is -0.407 e. The van der Waals surface area contributed by atoms with Crippen molar-refractivity contribution in [2.45, 2.75) is 38.1 Å². The van der Waals surface area contributed by atoms with E-state index in [1.807, 2.05) is 41.3 Å². The van der Waals surface area contributed by atoms with Crippen molar-refractivity contribution in [3.8, 4) is 5.75 Å². The second kappa shape index (κ2) is 4.40. The van der Waals surface area contributed by atoms with Crippen molar-refractivity contribution in [2.75, 3.05) is 12.1 Å². The van der Waals surface area contributed by atoms with Gasteiger partial charge in [0.25, 0.3) is 0 Å². The molecule has 1 aliphatic heterocycles. The summed E-state index contributed by atoms with van der Waals surface area (Å²) in [5, 5.41) is 3.96. The smallest absolute Gasteiger partial charge is 0.407 e.